The lowest BCUT2D eigenvalue weighted by molar-refractivity contribution is -0.383. The van der Waals surface area contributed by atoms with E-state index in [1.54, 1.807) is 23.2 Å². The quantitative estimate of drug-likeness (QED) is 0.330. The molecule has 0 aliphatic rings. The molecule has 0 spiro atoms. The Morgan fingerprint density at radius 2 is 1.68 bits per heavy atom. The van der Waals surface area contributed by atoms with Gasteiger partial charge in [0.1, 0.15) is 12.1 Å². The highest BCUT2D eigenvalue weighted by atomic mass is 16.6. The first-order chi connectivity index (χ1) is 15.1. The van der Waals surface area contributed by atoms with Crippen LogP contribution in [0.4, 0.5) is 28.8 Å². The third-order valence-corrected chi connectivity index (χ3v) is 4.66. The fraction of sp³-hybridized carbons (Fsp3) is 0.0870. The van der Waals surface area contributed by atoms with Crippen LogP contribution < -0.4 is 10.2 Å². The smallest absolute Gasteiger partial charge is 0.334 e. The van der Waals surface area contributed by atoms with E-state index in [1.807, 2.05) is 67.6 Å². The summed E-state index contributed by atoms with van der Waals surface area (Å²) in [7, 11) is 0. The number of hydrogen-bond donors (Lipinski definition) is 1. The minimum absolute atomic E-state index is 0.118. The SMILES string of the molecule is Cc1ccc(Nc2ncnc(N(Cc3ccccc3)c3ccccn3)c2[N+](=O)[O-])cc1. The molecule has 2 heterocycles. The van der Waals surface area contributed by atoms with Gasteiger partial charge in [-0.15, -0.1) is 0 Å². The summed E-state index contributed by atoms with van der Waals surface area (Å²) in [6, 6.07) is 22.6. The maximum atomic E-state index is 12.1. The number of aryl methyl sites for hydroxylation is 1. The van der Waals surface area contributed by atoms with Crippen molar-refractivity contribution >= 4 is 28.8 Å². The van der Waals surface area contributed by atoms with Crippen LogP contribution in [0.3, 0.4) is 0 Å². The van der Waals surface area contributed by atoms with Gasteiger partial charge in [0, 0.05) is 11.9 Å². The van der Waals surface area contributed by atoms with Crippen molar-refractivity contribution in [1.82, 2.24) is 15.0 Å². The zero-order valence-corrected chi connectivity index (χ0v) is 16.8. The lowest BCUT2D eigenvalue weighted by Gasteiger charge is -2.23. The average molecular weight is 412 g/mol. The average Bonchev–Trinajstić information content (AvgIpc) is 2.80. The molecule has 31 heavy (non-hydrogen) atoms. The zero-order chi connectivity index (χ0) is 21.6. The molecule has 8 nitrogen and oxygen atoms in total. The van der Waals surface area contributed by atoms with Gasteiger partial charge in [-0.05, 0) is 36.8 Å². The monoisotopic (exact) mass is 412 g/mol. The molecule has 0 saturated heterocycles. The van der Waals surface area contributed by atoms with E-state index >= 15 is 0 Å². The number of rotatable bonds is 7. The molecule has 0 bridgehead atoms. The van der Waals surface area contributed by atoms with Gasteiger partial charge in [0.15, 0.2) is 0 Å². The molecule has 4 aromatic rings. The molecule has 0 aliphatic carbocycles. The van der Waals surface area contributed by atoms with E-state index in [0.29, 0.717) is 18.1 Å². The molecule has 1 N–H and O–H groups in total. The maximum absolute atomic E-state index is 12.1. The van der Waals surface area contributed by atoms with Crippen LogP contribution in [0, 0.1) is 17.0 Å². The summed E-state index contributed by atoms with van der Waals surface area (Å²) in [6.07, 6.45) is 2.96. The van der Waals surface area contributed by atoms with Gasteiger partial charge >= 0.3 is 5.69 Å². The molecule has 0 amide bonds. The Balaban J connectivity index is 1.80. The van der Waals surface area contributed by atoms with E-state index in [1.165, 1.54) is 6.33 Å². The van der Waals surface area contributed by atoms with Crippen LogP contribution in [0.2, 0.25) is 0 Å². The number of nitrogens with one attached hydrogen (secondary N) is 1. The summed E-state index contributed by atoms with van der Waals surface area (Å²) >= 11 is 0. The fourth-order valence-electron chi connectivity index (χ4n) is 3.14. The third kappa shape index (κ3) is 4.64. The highest BCUT2D eigenvalue weighted by Crippen LogP contribution is 2.37. The van der Waals surface area contributed by atoms with Crippen LogP contribution in [0.1, 0.15) is 11.1 Å². The lowest BCUT2D eigenvalue weighted by atomic mass is 10.2. The second-order valence-electron chi connectivity index (χ2n) is 6.90. The van der Waals surface area contributed by atoms with E-state index in [9.17, 15) is 10.1 Å². The van der Waals surface area contributed by atoms with E-state index in [0.717, 1.165) is 11.1 Å². The normalized spacial score (nSPS) is 10.5. The summed E-state index contributed by atoms with van der Waals surface area (Å²) in [5.74, 6) is 0.833. The number of nitro groups is 1. The van der Waals surface area contributed by atoms with Crippen molar-refractivity contribution < 1.29 is 4.92 Å². The van der Waals surface area contributed by atoms with Crippen molar-refractivity contribution in [3.05, 3.63) is 107 Å². The van der Waals surface area contributed by atoms with Gasteiger partial charge in [0.2, 0.25) is 11.6 Å². The van der Waals surface area contributed by atoms with E-state index in [2.05, 4.69) is 20.3 Å². The molecule has 2 aromatic heterocycles. The molecule has 0 unspecified atom stereocenters. The second kappa shape index (κ2) is 9.00. The van der Waals surface area contributed by atoms with Gasteiger partial charge in [0.25, 0.3) is 0 Å². The van der Waals surface area contributed by atoms with Crippen LogP contribution in [0.5, 0.6) is 0 Å². The fourth-order valence-corrected chi connectivity index (χ4v) is 3.14. The number of benzene rings is 2. The topological polar surface area (TPSA) is 97.1 Å². The van der Waals surface area contributed by atoms with Crippen LogP contribution >= 0.6 is 0 Å². The molecule has 0 saturated carbocycles. The summed E-state index contributed by atoms with van der Waals surface area (Å²) in [4.78, 5) is 26.2. The largest absolute Gasteiger partial charge is 0.354 e. The molecule has 0 fully saturated rings. The zero-order valence-electron chi connectivity index (χ0n) is 16.8. The highest BCUT2D eigenvalue weighted by molar-refractivity contribution is 5.77. The Morgan fingerprint density at radius 3 is 2.35 bits per heavy atom. The molecule has 2 aromatic carbocycles. The summed E-state index contributed by atoms with van der Waals surface area (Å²) in [5.41, 5.74) is 2.54. The van der Waals surface area contributed by atoms with Crippen LogP contribution in [-0.4, -0.2) is 19.9 Å². The molecule has 8 heteroatoms. The molecule has 0 radical (unpaired) electrons. The summed E-state index contributed by atoms with van der Waals surface area (Å²) < 4.78 is 0. The predicted octanol–water partition coefficient (Wildman–Crippen LogP) is 5.17. The van der Waals surface area contributed by atoms with Crippen molar-refractivity contribution in [3.8, 4) is 0 Å². The molecular formula is C23H20N6O2. The highest BCUT2D eigenvalue weighted by Gasteiger charge is 2.28. The Kier molecular flexibility index (Phi) is 5.79. The lowest BCUT2D eigenvalue weighted by Crippen LogP contribution is -2.21. The third-order valence-electron chi connectivity index (χ3n) is 4.66. The number of hydrogen-bond acceptors (Lipinski definition) is 7. The van der Waals surface area contributed by atoms with Gasteiger partial charge < -0.3 is 10.2 Å². The molecular weight excluding hydrogens is 392 g/mol. The molecule has 4 rings (SSSR count). The van der Waals surface area contributed by atoms with Crippen molar-refractivity contribution in [1.29, 1.82) is 0 Å². The molecule has 0 aliphatic heterocycles. The Hall–Kier alpha value is -4.33. The summed E-state index contributed by atoms with van der Waals surface area (Å²) in [5, 5.41) is 15.2. The molecule has 154 valence electrons. The number of pyridine rings is 1. The first-order valence-corrected chi connectivity index (χ1v) is 9.67. The predicted molar refractivity (Wildman–Crippen MR) is 120 cm³/mol. The van der Waals surface area contributed by atoms with Gasteiger partial charge in [-0.2, -0.15) is 0 Å². The van der Waals surface area contributed by atoms with Crippen LogP contribution in [-0.2, 0) is 6.54 Å². The van der Waals surface area contributed by atoms with Gasteiger partial charge in [-0.25, -0.2) is 15.0 Å². The van der Waals surface area contributed by atoms with Crippen molar-refractivity contribution in [2.45, 2.75) is 13.5 Å². The Labute approximate surface area is 179 Å². The van der Waals surface area contributed by atoms with Gasteiger partial charge in [-0.1, -0.05) is 54.1 Å². The van der Waals surface area contributed by atoms with Crippen molar-refractivity contribution in [2.75, 3.05) is 10.2 Å². The maximum Gasteiger partial charge on any atom is 0.354 e. The minimum Gasteiger partial charge on any atom is -0.334 e. The number of nitrogens with zero attached hydrogens (tertiary/aromatic N) is 5. The standard InChI is InChI=1S/C23H20N6O2/c1-17-10-12-19(13-11-17)27-22-21(29(30)31)23(26-16-25-22)28(20-9-5-6-14-24-20)15-18-7-3-2-4-8-18/h2-14,16H,15H2,1H3,(H,25,26,27). The first-order valence-electron chi connectivity index (χ1n) is 9.67. The van der Waals surface area contributed by atoms with E-state index < -0.39 is 4.92 Å². The van der Waals surface area contributed by atoms with Gasteiger partial charge in [0.05, 0.1) is 11.5 Å². The van der Waals surface area contributed by atoms with Crippen LogP contribution in [0.15, 0.2) is 85.3 Å². The van der Waals surface area contributed by atoms with E-state index in [4.69, 9.17) is 0 Å². The first kappa shape index (κ1) is 20.0. The van der Waals surface area contributed by atoms with Crippen molar-refractivity contribution in [3.63, 3.8) is 0 Å². The van der Waals surface area contributed by atoms with Crippen LogP contribution in [0.25, 0.3) is 0 Å². The second-order valence-corrected chi connectivity index (χ2v) is 6.90. The number of anilines is 4. The van der Waals surface area contributed by atoms with E-state index in [-0.39, 0.29) is 17.3 Å². The minimum atomic E-state index is -0.465. The molecule has 0 atom stereocenters. The Bertz CT molecular complexity index is 1170. The number of aromatic nitrogens is 3. The van der Waals surface area contributed by atoms with Crippen molar-refractivity contribution in [2.24, 2.45) is 0 Å². The summed E-state index contributed by atoms with van der Waals surface area (Å²) in [6.45, 7) is 2.34. The Morgan fingerprint density at radius 1 is 0.935 bits per heavy atom. The van der Waals surface area contributed by atoms with Gasteiger partial charge in [-0.3, -0.25) is 10.1 Å².